The minimum atomic E-state index is -1.59. The fourth-order valence-corrected chi connectivity index (χ4v) is 6.04. The number of amides is 2. The Morgan fingerprint density at radius 1 is 1.06 bits per heavy atom. The van der Waals surface area contributed by atoms with E-state index in [-0.39, 0.29) is 18.9 Å². The van der Waals surface area contributed by atoms with E-state index in [2.05, 4.69) is 5.32 Å². The molecule has 1 N–H and O–H groups in total. The van der Waals surface area contributed by atoms with Crippen molar-refractivity contribution in [2.24, 2.45) is 0 Å². The van der Waals surface area contributed by atoms with E-state index < -0.39 is 32.5 Å². The number of fused-ring (bicyclic) bond motifs is 1. The Kier molecular flexibility index (Phi) is 5.94. The number of thioether (sulfide) groups is 1. The molecule has 31 heavy (non-hydrogen) atoms. The van der Waals surface area contributed by atoms with Crippen LogP contribution < -0.4 is 5.32 Å². The summed E-state index contributed by atoms with van der Waals surface area (Å²) >= 11 is 13.9. The predicted molar refractivity (Wildman–Crippen MR) is 119 cm³/mol. The second-order valence-electron chi connectivity index (χ2n) is 7.65. The molecule has 2 aromatic carbocycles. The summed E-state index contributed by atoms with van der Waals surface area (Å²) in [6.07, 6.45) is 0.135. The predicted octanol–water partition coefficient (Wildman–Crippen LogP) is 3.26. The van der Waals surface area contributed by atoms with Gasteiger partial charge in [0.15, 0.2) is 9.71 Å². The zero-order valence-electron chi connectivity index (χ0n) is 16.6. The zero-order chi connectivity index (χ0) is 22.2. The number of alkyl halides is 2. The van der Waals surface area contributed by atoms with Crippen molar-refractivity contribution in [1.29, 1.82) is 0 Å². The van der Waals surface area contributed by atoms with Gasteiger partial charge in [-0.3, -0.25) is 9.59 Å². The molecule has 2 aliphatic rings. The molecule has 2 amide bonds. The van der Waals surface area contributed by atoms with Crippen molar-refractivity contribution in [2.45, 2.75) is 40.6 Å². The van der Waals surface area contributed by atoms with Crippen LogP contribution in [0.4, 0.5) is 0 Å². The molecule has 6 nitrogen and oxygen atoms in total. The fourth-order valence-electron chi connectivity index (χ4n) is 3.78. The van der Waals surface area contributed by atoms with Crippen molar-refractivity contribution in [1.82, 2.24) is 10.2 Å². The number of nitrogens with one attached hydrogen (secondary N) is 1. The van der Waals surface area contributed by atoms with Crippen molar-refractivity contribution >= 4 is 52.7 Å². The van der Waals surface area contributed by atoms with Gasteiger partial charge in [-0.05, 0) is 18.1 Å². The number of ether oxygens (including phenoxy) is 1. The summed E-state index contributed by atoms with van der Waals surface area (Å²) < 4.78 is 3.79. The van der Waals surface area contributed by atoms with E-state index in [9.17, 15) is 14.4 Å². The lowest BCUT2D eigenvalue weighted by molar-refractivity contribution is -0.169. The Bertz CT molecular complexity index is 1010. The summed E-state index contributed by atoms with van der Waals surface area (Å²) in [5, 5.41) is 2.22. The summed E-state index contributed by atoms with van der Waals surface area (Å²) in [7, 11) is 0. The molecule has 2 saturated heterocycles. The number of carbonyl (C=O) groups excluding carboxylic acids is 3. The van der Waals surface area contributed by atoms with Gasteiger partial charge >= 0.3 is 5.97 Å². The lowest BCUT2D eigenvalue weighted by atomic mass is 9.88. The highest BCUT2D eigenvalue weighted by molar-refractivity contribution is 8.04. The van der Waals surface area contributed by atoms with Crippen LogP contribution in [-0.4, -0.2) is 43.3 Å². The summed E-state index contributed by atoms with van der Waals surface area (Å²) in [6, 6.07) is 17.2. The first kappa shape index (κ1) is 22.0. The first-order valence-electron chi connectivity index (χ1n) is 9.66. The van der Waals surface area contributed by atoms with E-state index in [1.807, 2.05) is 60.7 Å². The number of esters is 1. The van der Waals surface area contributed by atoms with E-state index >= 15 is 0 Å². The first-order valence-corrected chi connectivity index (χ1v) is 11.3. The highest BCUT2D eigenvalue weighted by Crippen LogP contribution is 2.58. The van der Waals surface area contributed by atoms with Gasteiger partial charge in [0.05, 0.1) is 6.42 Å². The first-order chi connectivity index (χ1) is 14.7. The van der Waals surface area contributed by atoms with Crippen molar-refractivity contribution in [3.05, 3.63) is 71.8 Å². The van der Waals surface area contributed by atoms with Crippen LogP contribution in [0.5, 0.6) is 0 Å². The molecule has 0 aromatic heterocycles. The summed E-state index contributed by atoms with van der Waals surface area (Å²) in [5.74, 6) is -1.40. The molecule has 0 spiro atoms. The van der Waals surface area contributed by atoms with Crippen LogP contribution in [0.3, 0.4) is 0 Å². The van der Waals surface area contributed by atoms with E-state index in [1.165, 1.54) is 4.90 Å². The summed E-state index contributed by atoms with van der Waals surface area (Å²) in [4.78, 5) is 39.6. The maximum atomic E-state index is 13.0. The van der Waals surface area contributed by atoms with Gasteiger partial charge in [0.1, 0.15) is 17.5 Å². The SMILES string of the molecule is CC1(NC(=O)Cc2ccccc2)C(=O)N2C(C(=O)OCc3ccccc3)C(Cl)(Cl)S[C@H]21. The number of rotatable bonds is 6. The molecule has 0 saturated carbocycles. The number of carbonyl (C=O) groups is 3. The quantitative estimate of drug-likeness (QED) is 0.391. The average Bonchev–Trinajstić information content (AvgIpc) is 3.02. The van der Waals surface area contributed by atoms with Crippen LogP contribution in [0.25, 0.3) is 0 Å². The van der Waals surface area contributed by atoms with Gasteiger partial charge in [-0.1, -0.05) is 95.6 Å². The standard InChI is InChI=1S/C22H20Cl2N2O4S/c1-21(25-16(27)12-14-8-4-2-5-9-14)19(29)26-17(22(23,24)31-20(21)26)18(28)30-13-15-10-6-3-7-11-15/h2-11,17,20H,12-13H2,1H3,(H,25,27)/t17?,20-,21?/m0/s1. The largest absolute Gasteiger partial charge is 0.459 e. The third kappa shape index (κ3) is 4.14. The molecule has 2 unspecified atom stereocenters. The van der Waals surface area contributed by atoms with Crippen LogP contribution in [0.15, 0.2) is 60.7 Å². The molecule has 3 atom stereocenters. The number of benzene rings is 2. The molecule has 2 heterocycles. The highest BCUT2D eigenvalue weighted by Gasteiger charge is 2.72. The molecule has 0 radical (unpaired) electrons. The van der Waals surface area contributed by atoms with Crippen molar-refractivity contribution < 1.29 is 19.1 Å². The molecular weight excluding hydrogens is 459 g/mol. The number of nitrogens with zero attached hydrogens (tertiary/aromatic N) is 1. The Labute approximate surface area is 194 Å². The van der Waals surface area contributed by atoms with Crippen LogP contribution in [-0.2, 0) is 32.1 Å². The third-order valence-corrected chi connectivity index (χ3v) is 7.75. The Hall–Kier alpha value is -2.22. The van der Waals surface area contributed by atoms with Crippen LogP contribution >= 0.6 is 35.0 Å². The number of hydrogen-bond acceptors (Lipinski definition) is 5. The van der Waals surface area contributed by atoms with E-state index in [1.54, 1.807) is 6.92 Å². The summed E-state index contributed by atoms with van der Waals surface area (Å²) in [5.41, 5.74) is 0.429. The molecule has 2 aromatic rings. The second-order valence-corrected chi connectivity index (χ2v) is 10.8. The molecule has 2 fully saturated rings. The van der Waals surface area contributed by atoms with Gasteiger partial charge in [0.25, 0.3) is 5.91 Å². The minimum absolute atomic E-state index is 0.0441. The van der Waals surface area contributed by atoms with Gasteiger partial charge < -0.3 is 15.0 Å². The van der Waals surface area contributed by atoms with Gasteiger partial charge in [-0.25, -0.2) is 4.79 Å². The van der Waals surface area contributed by atoms with E-state index in [0.29, 0.717) is 0 Å². The monoisotopic (exact) mass is 478 g/mol. The maximum Gasteiger partial charge on any atom is 0.333 e. The van der Waals surface area contributed by atoms with Gasteiger partial charge in [0.2, 0.25) is 5.91 Å². The highest BCUT2D eigenvalue weighted by atomic mass is 35.5. The molecular formula is C22H20Cl2N2O4S. The fraction of sp³-hybridized carbons (Fsp3) is 0.318. The van der Waals surface area contributed by atoms with Crippen molar-refractivity contribution in [3.63, 3.8) is 0 Å². The number of β-lactam (4-membered cyclic amide) rings is 1. The topological polar surface area (TPSA) is 75.7 Å². The van der Waals surface area contributed by atoms with E-state index in [0.717, 1.165) is 22.9 Å². The van der Waals surface area contributed by atoms with Crippen LogP contribution in [0.1, 0.15) is 18.1 Å². The zero-order valence-corrected chi connectivity index (χ0v) is 18.9. The van der Waals surface area contributed by atoms with Gasteiger partial charge in [-0.15, -0.1) is 0 Å². The molecule has 0 aliphatic carbocycles. The maximum absolute atomic E-state index is 13.0. The van der Waals surface area contributed by atoms with Crippen molar-refractivity contribution in [3.8, 4) is 0 Å². The van der Waals surface area contributed by atoms with Crippen molar-refractivity contribution in [2.75, 3.05) is 0 Å². The average molecular weight is 479 g/mol. The Morgan fingerprint density at radius 3 is 2.26 bits per heavy atom. The van der Waals surface area contributed by atoms with Gasteiger partial charge in [0, 0.05) is 0 Å². The van der Waals surface area contributed by atoms with Crippen LogP contribution in [0, 0.1) is 0 Å². The summed E-state index contributed by atoms with van der Waals surface area (Å²) in [6.45, 7) is 1.66. The molecule has 4 rings (SSSR count). The number of halogens is 2. The smallest absolute Gasteiger partial charge is 0.333 e. The molecule has 0 bridgehead atoms. The Balaban J connectivity index is 1.44. The lowest BCUT2D eigenvalue weighted by Crippen LogP contribution is -2.78. The van der Waals surface area contributed by atoms with E-state index in [4.69, 9.17) is 27.9 Å². The molecule has 2 aliphatic heterocycles. The Morgan fingerprint density at radius 2 is 1.65 bits per heavy atom. The second kappa shape index (κ2) is 8.37. The molecule has 9 heteroatoms. The molecule has 162 valence electrons. The normalized spacial score (nSPS) is 26.0. The van der Waals surface area contributed by atoms with Crippen LogP contribution in [0.2, 0.25) is 0 Å². The number of hydrogen-bond donors (Lipinski definition) is 1. The lowest BCUT2D eigenvalue weighted by Gasteiger charge is -2.51. The third-order valence-electron chi connectivity index (χ3n) is 5.34. The minimum Gasteiger partial charge on any atom is -0.459 e. The van der Waals surface area contributed by atoms with Gasteiger partial charge in [-0.2, -0.15) is 0 Å².